The molecule has 0 aliphatic heterocycles. The first kappa shape index (κ1) is 8.05. The van der Waals surface area contributed by atoms with Gasteiger partial charge in [-0.3, -0.25) is 4.79 Å². The minimum absolute atomic E-state index is 0.333. The van der Waals surface area contributed by atoms with Crippen LogP contribution in [0.1, 0.15) is 10.5 Å². The molecule has 0 fully saturated rings. The van der Waals surface area contributed by atoms with Crippen LogP contribution in [0.4, 0.5) is 0 Å². The Bertz CT molecular complexity index is 270. The van der Waals surface area contributed by atoms with Gasteiger partial charge in [0.05, 0.1) is 18.6 Å². The molecular formula is C5H6N6O. The van der Waals surface area contributed by atoms with E-state index >= 15 is 0 Å². The molecule has 62 valence electrons. The summed E-state index contributed by atoms with van der Waals surface area (Å²) < 4.78 is 0. The van der Waals surface area contributed by atoms with Gasteiger partial charge in [0.2, 0.25) is 0 Å². The van der Waals surface area contributed by atoms with Crippen LogP contribution in [0, 0.1) is 0 Å². The number of carbonyl (C=O) groups excluding carboxylic acids is 1. The van der Waals surface area contributed by atoms with E-state index in [1.54, 1.807) is 12.4 Å². The van der Waals surface area contributed by atoms with Crippen molar-refractivity contribution in [3.05, 3.63) is 24.3 Å². The van der Waals surface area contributed by atoms with Crippen molar-refractivity contribution in [3.8, 4) is 0 Å². The number of aromatic nitrogens is 6. The molecule has 0 spiro atoms. The van der Waals surface area contributed by atoms with Gasteiger partial charge in [0.1, 0.15) is 5.69 Å². The molecule has 0 saturated carbocycles. The van der Waals surface area contributed by atoms with Gasteiger partial charge < -0.3 is 0 Å². The molecule has 0 atom stereocenters. The number of nitrogens with zero attached hydrogens (tertiary/aromatic N) is 4. The van der Waals surface area contributed by atoms with E-state index < -0.39 is 0 Å². The maximum Gasteiger partial charge on any atom is 0.171 e. The number of hydrogen-bond donors (Lipinski definition) is 2. The van der Waals surface area contributed by atoms with Crippen LogP contribution in [0.2, 0.25) is 0 Å². The Morgan fingerprint density at radius 3 is 2.17 bits per heavy atom. The van der Waals surface area contributed by atoms with E-state index in [0.29, 0.717) is 12.0 Å². The molecule has 0 aliphatic carbocycles. The van der Waals surface area contributed by atoms with Crippen molar-refractivity contribution in [2.24, 2.45) is 0 Å². The molecule has 0 aromatic carbocycles. The van der Waals surface area contributed by atoms with Crippen LogP contribution >= 0.6 is 0 Å². The second-order valence-electron chi connectivity index (χ2n) is 1.67. The van der Waals surface area contributed by atoms with Crippen LogP contribution in [0.5, 0.6) is 0 Å². The largest absolute Gasteiger partial charge is 0.296 e. The molecule has 0 unspecified atom stereocenters. The van der Waals surface area contributed by atoms with Crippen LogP contribution in [0.25, 0.3) is 0 Å². The zero-order chi connectivity index (χ0) is 8.65. The fraction of sp³-hybridized carbons (Fsp3) is 0. The highest BCUT2D eigenvalue weighted by molar-refractivity contribution is 5.70. The Balaban J connectivity index is 0.000000127. The Morgan fingerprint density at radius 2 is 1.92 bits per heavy atom. The maximum atomic E-state index is 9.75. The molecule has 0 aliphatic rings. The zero-order valence-corrected chi connectivity index (χ0v) is 6.01. The third-order valence-corrected chi connectivity index (χ3v) is 0.886. The number of nitrogens with one attached hydrogen (secondary N) is 2. The molecule has 2 N–H and O–H groups in total. The fourth-order valence-corrected chi connectivity index (χ4v) is 0.434. The summed E-state index contributed by atoms with van der Waals surface area (Å²) in [7, 11) is 0. The quantitative estimate of drug-likeness (QED) is 0.552. The number of carbonyl (C=O) groups is 1. The number of aromatic amines is 2. The van der Waals surface area contributed by atoms with Gasteiger partial charge in [-0.15, -0.1) is 0 Å². The molecule has 7 heteroatoms. The van der Waals surface area contributed by atoms with Gasteiger partial charge in [0.25, 0.3) is 0 Å². The predicted octanol–water partition coefficient (Wildman–Crippen LogP) is -0.578. The average molecular weight is 166 g/mol. The van der Waals surface area contributed by atoms with E-state index in [9.17, 15) is 4.79 Å². The monoisotopic (exact) mass is 166 g/mol. The number of aldehydes is 1. The molecule has 2 heterocycles. The molecule has 2 rings (SSSR count). The minimum Gasteiger partial charge on any atom is -0.296 e. The first-order chi connectivity index (χ1) is 5.93. The lowest BCUT2D eigenvalue weighted by molar-refractivity contribution is 0.111. The highest BCUT2D eigenvalue weighted by atomic mass is 16.1. The molecule has 0 bridgehead atoms. The van der Waals surface area contributed by atoms with Crippen LogP contribution < -0.4 is 0 Å². The van der Waals surface area contributed by atoms with E-state index in [4.69, 9.17) is 0 Å². The van der Waals surface area contributed by atoms with Gasteiger partial charge in [0.15, 0.2) is 6.29 Å². The molecule has 2 aromatic heterocycles. The molecule has 2 aromatic rings. The summed E-state index contributed by atoms with van der Waals surface area (Å²) in [5, 5.41) is 18.4. The summed E-state index contributed by atoms with van der Waals surface area (Å²) in [6.07, 6.45) is 5.15. The highest BCUT2D eigenvalue weighted by Crippen LogP contribution is 1.76. The zero-order valence-electron chi connectivity index (χ0n) is 6.01. The number of hydrogen-bond acceptors (Lipinski definition) is 5. The predicted molar refractivity (Wildman–Crippen MR) is 38.2 cm³/mol. The highest BCUT2D eigenvalue weighted by Gasteiger charge is 1.85. The van der Waals surface area contributed by atoms with Crippen LogP contribution in [-0.2, 0) is 0 Å². The Kier molecular flexibility index (Phi) is 3.16. The lowest BCUT2D eigenvalue weighted by Crippen LogP contribution is -1.75. The van der Waals surface area contributed by atoms with E-state index in [-0.39, 0.29) is 0 Å². The SMILES string of the molecule is O=Cc1cn[nH]n1.c1cn[nH]n1. The van der Waals surface area contributed by atoms with Crippen molar-refractivity contribution in [2.45, 2.75) is 0 Å². The smallest absolute Gasteiger partial charge is 0.171 e. The number of rotatable bonds is 1. The van der Waals surface area contributed by atoms with Crippen LogP contribution in [0.15, 0.2) is 18.6 Å². The van der Waals surface area contributed by atoms with Crippen molar-refractivity contribution in [1.82, 2.24) is 30.8 Å². The Labute approximate surface area is 67.2 Å². The Hall–Kier alpha value is -2.05. The van der Waals surface area contributed by atoms with Crippen molar-refractivity contribution >= 4 is 6.29 Å². The first-order valence-corrected chi connectivity index (χ1v) is 3.04. The standard InChI is InChI=1S/C3H3N3O.C2H3N3/c7-2-3-1-4-6-5-3;1-2-4-5-3-1/h1-2H,(H,4,5,6);1-2H,(H,3,4,5). The maximum absolute atomic E-state index is 9.75. The van der Waals surface area contributed by atoms with Gasteiger partial charge in [0, 0.05) is 0 Å². The molecule has 0 amide bonds. The van der Waals surface area contributed by atoms with Gasteiger partial charge in [-0.05, 0) is 0 Å². The van der Waals surface area contributed by atoms with Crippen molar-refractivity contribution in [1.29, 1.82) is 0 Å². The summed E-state index contributed by atoms with van der Waals surface area (Å²) in [5.41, 5.74) is 0.333. The molecular weight excluding hydrogens is 160 g/mol. The number of H-pyrrole nitrogens is 2. The van der Waals surface area contributed by atoms with E-state index in [1.807, 2.05) is 0 Å². The second-order valence-corrected chi connectivity index (χ2v) is 1.67. The van der Waals surface area contributed by atoms with Gasteiger partial charge in [-0.2, -0.15) is 30.8 Å². The Morgan fingerprint density at radius 1 is 1.17 bits per heavy atom. The minimum atomic E-state index is 0.333. The van der Waals surface area contributed by atoms with Crippen molar-refractivity contribution < 1.29 is 4.79 Å². The topological polar surface area (TPSA) is 100 Å². The van der Waals surface area contributed by atoms with E-state index in [1.165, 1.54) is 6.20 Å². The summed E-state index contributed by atoms with van der Waals surface area (Å²) in [4.78, 5) is 9.75. The van der Waals surface area contributed by atoms with E-state index in [2.05, 4.69) is 30.8 Å². The third kappa shape index (κ3) is 2.69. The van der Waals surface area contributed by atoms with Gasteiger partial charge in [-0.1, -0.05) is 0 Å². The fourth-order valence-electron chi connectivity index (χ4n) is 0.434. The lowest BCUT2D eigenvalue weighted by Gasteiger charge is -1.62. The van der Waals surface area contributed by atoms with Crippen LogP contribution in [-0.4, -0.2) is 37.1 Å². The second kappa shape index (κ2) is 4.72. The summed E-state index contributed by atoms with van der Waals surface area (Å²) in [5.74, 6) is 0. The lowest BCUT2D eigenvalue weighted by atomic mass is 10.6. The van der Waals surface area contributed by atoms with Gasteiger partial charge >= 0.3 is 0 Å². The molecule has 0 saturated heterocycles. The molecule has 0 radical (unpaired) electrons. The summed E-state index contributed by atoms with van der Waals surface area (Å²) in [6, 6.07) is 0. The average Bonchev–Trinajstić information content (AvgIpc) is 2.81. The van der Waals surface area contributed by atoms with E-state index in [0.717, 1.165) is 0 Å². The normalized spacial score (nSPS) is 8.33. The first-order valence-electron chi connectivity index (χ1n) is 3.04. The molecule has 12 heavy (non-hydrogen) atoms. The van der Waals surface area contributed by atoms with Crippen molar-refractivity contribution in [3.63, 3.8) is 0 Å². The van der Waals surface area contributed by atoms with Crippen LogP contribution in [0.3, 0.4) is 0 Å². The van der Waals surface area contributed by atoms with Crippen molar-refractivity contribution in [2.75, 3.05) is 0 Å². The van der Waals surface area contributed by atoms with Gasteiger partial charge in [-0.25, -0.2) is 0 Å². The molecule has 7 nitrogen and oxygen atoms in total. The third-order valence-electron chi connectivity index (χ3n) is 0.886. The summed E-state index contributed by atoms with van der Waals surface area (Å²) in [6.45, 7) is 0. The summed E-state index contributed by atoms with van der Waals surface area (Å²) >= 11 is 0.